The van der Waals surface area contributed by atoms with E-state index >= 15 is 0 Å². The Morgan fingerprint density at radius 1 is 1.26 bits per heavy atom. The Labute approximate surface area is 158 Å². The van der Waals surface area contributed by atoms with Crippen molar-refractivity contribution < 1.29 is 9.90 Å². The molecule has 0 radical (unpaired) electrons. The molecule has 1 fully saturated rings. The van der Waals surface area contributed by atoms with E-state index in [2.05, 4.69) is 16.9 Å². The third kappa shape index (κ3) is 3.47. The minimum Gasteiger partial charge on any atom is -0.391 e. The first-order valence-corrected chi connectivity index (χ1v) is 9.54. The molecule has 1 aliphatic rings. The zero-order valence-electron chi connectivity index (χ0n) is 15.5. The van der Waals surface area contributed by atoms with E-state index in [1.165, 1.54) is 0 Å². The zero-order valence-corrected chi connectivity index (χ0v) is 15.5. The first kappa shape index (κ1) is 17.7. The van der Waals surface area contributed by atoms with Gasteiger partial charge in [-0.15, -0.1) is 0 Å². The molecule has 1 aromatic carbocycles. The number of para-hydroxylation sites is 2. The highest BCUT2D eigenvalue weighted by Crippen LogP contribution is 2.24. The van der Waals surface area contributed by atoms with E-state index in [1.54, 1.807) is 12.5 Å². The van der Waals surface area contributed by atoms with Crippen LogP contribution in [0.3, 0.4) is 0 Å². The van der Waals surface area contributed by atoms with Crippen molar-refractivity contribution in [1.29, 1.82) is 0 Å². The number of hydrogen-bond donors (Lipinski definition) is 1. The van der Waals surface area contributed by atoms with Gasteiger partial charge in [0, 0.05) is 31.9 Å². The summed E-state index contributed by atoms with van der Waals surface area (Å²) < 4.78 is 3.96. The van der Waals surface area contributed by atoms with Crippen molar-refractivity contribution in [2.24, 2.45) is 0 Å². The Morgan fingerprint density at radius 3 is 2.85 bits per heavy atom. The van der Waals surface area contributed by atoms with Crippen LogP contribution in [0.4, 0.5) is 0 Å². The maximum absolute atomic E-state index is 13.0. The number of nitrogens with zero attached hydrogens (tertiary/aromatic N) is 5. The quantitative estimate of drug-likeness (QED) is 0.765. The van der Waals surface area contributed by atoms with Gasteiger partial charge in [0.05, 0.1) is 29.5 Å². The largest absolute Gasteiger partial charge is 0.391 e. The molecular weight excluding hydrogens is 342 g/mol. The highest BCUT2D eigenvalue weighted by atomic mass is 16.3. The summed E-state index contributed by atoms with van der Waals surface area (Å²) in [5.41, 5.74) is 1.92. The molecule has 2 atom stereocenters. The number of aromatic nitrogens is 4. The molecule has 1 aliphatic heterocycles. The molecule has 7 nitrogen and oxygen atoms in total. The standard InChI is InChI=1S/C20H25N5O2/c1-2-19-22-15-5-3-4-6-16(15)25(19)13-20(27)23-10-7-17(18(26)8-11-23)24-12-9-21-14-24/h3-6,9,12,14,17-18,26H,2,7-8,10-11,13H2,1H3/t17-,18-/m0/s1. The Kier molecular flexibility index (Phi) is 4.94. The molecule has 27 heavy (non-hydrogen) atoms. The highest BCUT2D eigenvalue weighted by Gasteiger charge is 2.28. The fourth-order valence-corrected chi connectivity index (χ4v) is 3.94. The van der Waals surface area contributed by atoms with Crippen LogP contribution in [0.2, 0.25) is 0 Å². The summed E-state index contributed by atoms with van der Waals surface area (Å²) in [5, 5.41) is 10.5. The van der Waals surface area contributed by atoms with Crippen LogP contribution in [0.5, 0.6) is 0 Å². The molecule has 7 heteroatoms. The molecule has 3 aromatic rings. The normalized spacial score (nSPS) is 20.7. The number of carbonyl (C=O) groups excluding carboxylic acids is 1. The third-order valence-electron chi connectivity index (χ3n) is 5.44. The summed E-state index contributed by atoms with van der Waals surface area (Å²) >= 11 is 0. The number of fused-ring (bicyclic) bond motifs is 1. The number of aliphatic hydroxyl groups excluding tert-OH is 1. The maximum Gasteiger partial charge on any atom is 0.242 e. The van der Waals surface area contributed by atoms with Gasteiger partial charge in [0.15, 0.2) is 0 Å². The van der Waals surface area contributed by atoms with Crippen LogP contribution in [0, 0.1) is 0 Å². The molecule has 0 spiro atoms. The highest BCUT2D eigenvalue weighted by molar-refractivity contribution is 5.81. The fourth-order valence-electron chi connectivity index (χ4n) is 3.94. The van der Waals surface area contributed by atoms with E-state index in [0.717, 1.165) is 23.3 Å². The second-order valence-electron chi connectivity index (χ2n) is 7.06. The van der Waals surface area contributed by atoms with Crippen molar-refractivity contribution in [3.8, 4) is 0 Å². The number of amides is 1. The van der Waals surface area contributed by atoms with Gasteiger partial charge in [-0.25, -0.2) is 9.97 Å². The summed E-state index contributed by atoms with van der Waals surface area (Å²) in [4.78, 5) is 23.6. The molecule has 3 heterocycles. The molecular formula is C20H25N5O2. The number of aryl methyl sites for hydroxylation is 1. The van der Waals surface area contributed by atoms with Gasteiger partial charge in [-0.05, 0) is 25.0 Å². The third-order valence-corrected chi connectivity index (χ3v) is 5.44. The maximum atomic E-state index is 13.0. The monoisotopic (exact) mass is 367 g/mol. The predicted octanol–water partition coefficient (Wildman–Crippen LogP) is 2.02. The van der Waals surface area contributed by atoms with E-state index in [0.29, 0.717) is 25.9 Å². The second-order valence-corrected chi connectivity index (χ2v) is 7.06. The second kappa shape index (κ2) is 7.52. The van der Waals surface area contributed by atoms with Crippen molar-refractivity contribution in [1.82, 2.24) is 24.0 Å². The average molecular weight is 367 g/mol. The molecule has 0 unspecified atom stereocenters. The van der Waals surface area contributed by atoms with Gasteiger partial charge in [-0.2, -0.15) is 0 Å². The van der Waals surface area contributed by atoms with Crippen LogP contribution in [0.1, 0.15) is 31.6 Å². The van der Waals surface area contributed by atoms with Crippen LogP contribution in [-0.2, 0) is 17.8 Å². The van der Waals surface area contributed by atoms with Crippen LogP contribution in [0.15, 0.2) is 43.0 Å². The zero-order chi connectivity index (χ0) is 18.8. The molecule has 0 bridgehead atoms. The summed E-state index contributed by atoms with van der Waals surface area (Å²) in [5.74, 6) is 1.00. The van der Waals surface area contributed by atoms with Crippen LogP contribution < -0.4 is 0 Å². The molecule has 1 N–H and O–H groups in total. The van der Waals surface area contributed by atoms with E-state index in [9.17, 15) is 9.90 Å². The smallest absolute Gasteiger partial charge is 0.242 e. The van der Waals surface area contributed by atoms with Gasteiger partial charge >= 0.3 is 0 Å². The molecule has 0 saturated carbocycles. The van der Waals surface area contributed by atoms with Gasteiger partial charge in [0.1, 0.15) is 12.4 Å². The van der Waals surface area contributed by atoms with E-state index in [4.69, 9.17) is 0 Å². The summed E-state index contributed by atoms with van der Waals surface area (Å²) in [6.45, 7) is 3.54. The lowest BCUT2D eigenvalue weighted by Gasteiger charge is -2.22. The molecule has 2 aromatic heterocycles. The number of imidazole rings is 2. The number of rotatable bonds is 4. The van der Waals surface area contributed by atoms with Gasteiger partial charge in [-0.1, -0.05) is 19.1 Å². The molecule has 142 valence electrons. The van der Waals surface area contributed by atoms with Gasteiger partial charge in [-0.3, -0.25) is 4.79 Å². The van der Waals surface area contributed by atoms with Gasteiger partial charge in [0.25, 0.3) is 0 Å². The van der Waals surface area contributed by atoms with Crippen molar-refractivity contribution in [2.75, 3.05) is 13.1 Å². The first-order chi connectivity index (χ1) is 13.2. The Hall–Kier alpha value is -2.67. The number of carbonyl (C=O) groups is 1. The summed E-state index contributed by atoms with van der Waals surface area (Å²) in [7, 11) is 0. The van der Waals surface area contributed by atoms with Crippen LogP contribution in [-0.4, -0.2) is 54.2 Å². The average Bonchev–Trinajstić information content (AvgIpc) is 3.28. The van der Waals surface area contributed by atoms with Crippen molar-refractivity contribution in [3.05, 3.63) is 48.8 Å². The molecule has 4 rings (SSSR count). The number of likely N-dealkylation sites (tertiary alicyclic amines) is 1. The lowest BCUT2D eigenvalue weighted by atomic mass is 10.1. The Balaban J connectivity index is 1.51. The predicted molar refractivity (Wildman–Crippen MR) is 102 cm³/mol. The number of aliphatic hydroxyl groups is 1. The molecule has 1 saturated heterocycles. The summed E-state index contributed by atoms with van der Waals surface area (Å²) in [6, 6.07) is 7.89. The van der Waals surface area contributed by atoms with E-state index < -0.39 is 6.10 Å². The summed E-state index contributed by atoms with van der Waals surface area (Å²) in [6.07, 6.45) is 6.92. The van der Waals surface area contributed by atoms with Crippen LogP contribution in [0.25, 0.3) is 11.0 Å². The topological polar surface area (TPSA) is 76.2 Å². The number of benzene rings is 1. The van der Waals surface area contributed by atoms with Gasteiger partial charge in [0.2, 0.25) is 5.91 Å². The van der Waals surface area contributed by atoms with Gasteiger partial charge < -0.3 is 19.1 Å². The Morgan fingerprint density at radius 2 is 2.07 bits per heavy atom. The van der Waals surface area contributed by atoms with Crippen molar-refractivity contribution >= 4 is 16.9 Å². The molecule has 1 amide bonds. The lowest BCUT2D eigenvalue weighted by molar-refractivity contribution is -0.131. The van der Waals surface area contributed by atoms with Crippen molar-refractivity contribution in [3.63, 3.8) is 0 Å². The fraction of sp³-hybridized carbons (Fsp3) is 0.450. The van der Waals surface area contributed by atoms with E-state index in [1.807, 2.05) is 44.5 Å². The first-order valence-electron chi connectivity index (χ1n) is 9.54. The lowest BCUT2D eigenvalue weighted by Crippen LogP contribution is -2.35. The minimum atomic E-state index is -0.475. The number of hydrogen-bond acceptors (Lipinski definition) is 4. The van der Waals surface area contributed by atoms with Crippen LogP contribution >= 0.6 is 0 Å². The minimum absolute atomic E-state index is 0.0365. The molecule has 0 aliphatic carbocycles. The van der Waals surface area contributed by atoms with Crippen molar-refractivity contribution in [2.45, 2.75) is 44.9 Å². The SMILES string of the molecule is CCc1nc2ccccc2n1CC(=O)N1CC[C@H](O)[C@@H](n2ccnc2)CC1. The Bertz CT molecular complexity index is 918. The van der Waals surface area contributed by atoms with E-state index in [-0.39, 0.29) is 18.5 Å².